The Morgan fingerprint density at radius 2 is 1.58 bits per heavy atom. The van der Waals surface area contributed by atoms with Crippen LogP contribution in [0.4, 0.5) is 32.0 Å². The molecular formula is C14H15F6N3O. The lowest BCUT2D eigenvalue weighted by Gasteiger charge is -2.35. The highest BCUT2D eigenvalue weighted by Gasteiger charge is 2.34. The third-order valence-electron chi connectivity index (χ3n) is 3.59. The number of rotatable bonds is 2. The first-order valence-corrected chi connectivity index (χ1v) is 7.02. The van der Waals surface area contributed by atoms with Gasteiger partial charge in [0.05, 0.1) is 12.1 Å². The summed E-state index contributed by atoms with van der Waals surface area (Å²) < 4.78 is 75.3. The number of nitrogens with two attached hydrogens (primary N) is 1. The predicted octanol–water partition coefficient (Wildman–Crippen LogP) is 2.61. The Kier molecular flexibility index (Phi) is 4.97. The standard InChI is InChI=1S/C14H15F6N3O/c15-13(16,17)8-22-1-3-23(4-2-22)12(24)9-5-10(14(18,19)20)7-11(21)6-9/h5-7H,1-4,8,21H2. The van der Waals surface area contributed by atoms with Crippen LogP contribution in [0.25, 0.3) is 0 Å². The maximum Gasteiger partial charge on any atom is 0.416 e. The molecule has 134 valence electrons. The molecule has 1 amide bonds. The van der Waals surface area contributed by atoms with Gasteiger partial charge in [0, 0.05) is 37.4 Å². The summed E-state index contributed by atoms with van der Waals surface area (Å²) in [5.41, 5.74) is 3.94. The second-order valence-corrected chi connectivity index (χ2v) is 5.52. The van der Waals surface area contributed by atoms with E-state index in [1.165, 1.54) is 4.90 Å². The summed E-state index contributed by atoms with van der Waals surface area (Å²) in [4.78, 5) is 14.7. The molecule has 24 heavy (non-hydrogen) atoms. The zero-order chi connectivity index (χ0) is 18.1. The molecule has 0 aliphatic carbocycles. The molecule has 0 aromatic heterocycles. The van der Waals surface area contributed by atoms with Gasteiger partial charge in [-0.3, -0.25) is 9.69 Å². The number of amides is 1. The molecule has 1 aliphatic heterocycles. The van der Waals surface area contributed by atoms with Gasteiger partial charge in [0.15, 0.2) is 0 Å². The van der Waals surface area contributed by atoms with Crippen molar-refractivity contribution in [3.63, 3.8) is 0 Å². The van der Waals surface area contributed by atoms with Crippen molar-refractivity contribution < 1.29 is 31.1 Å². The third kappa shape index (κ3) is 4.76. The van der Waals surface area contributed by atoms with Crippen LogP contribution in [0, 0.1) is 0 Å². The number of carbonyl (C=O) groups is 1. The van der Waals surface area contributed by atoms with Crippen molar-refractivity contribution in [2.24, 2.45) is 0 Å². The van der Waals surface area contributed by atoms with Crippen LogP contribution in [-0.4, -0.2) is 54.6 Å². The molecule has 0 bridgehead atoms. The Bertz CT molecular complexity index is 606. The molecule has 2 N–H and O–H groups in total. The van der Waals surface area contributed by atoms with Crippen LogP contribution in [0.15, 0.2) is 18.2 Å². The first-order valence-electron chi connectivity index (χ1n) is 7.02. The Balaban J connectivity index is 2.07. The summed E-state index contributed by atoms with van der Waals surface area (Å²) in [5, 5.41) is 0. The van der Waals surface area contributed by atoms with E-state index in [0.717, 1.165) is 17.0 Å². The zero-order valence-electron chi connectivity index (χ0n) is 12.4. The Morgan fingerprint density at radius 1 is 1.00 bits per heavy atom. The van der Waals surface area contributed by atoms with E-state index >= 15 is 0 Å². The van der Waals surface area contributed by atoms with Crippen LogP contribution in [-0.2, 0) is 6.18 Å². The molecular weight excluding hydrogens is 340 g/mol. The van der Waals surface area contributed by atoms with Crippen molar-refractivity contribution in [1.82, 2.24) is 9.80 Å². The Labute approximate surface area is 133 Å². The summed E-state index contributed by atoms with van der Waals surface area (Å²) in [6.07, 6.45) is -8.97. The maximum absolute atomic E-state index is 12.8. The monoisotopic (exact) mass is 355 g/mol. The van der Waals surface area contributed by atoms with Gasteiger partial charge >= 0.3 is 12.4 Å². The molecule has 1 aromatic rings. The summed E-state index contributed by atoms with van der Waals surface area (Å²) in [7, 11) is 0. The molecule has 1 saturated heterocycles. The first-order chi connectivity index (χ1) is 11.0. The van der Waals surface area contributed by atoms with Crippen molar-refractivity contribution in [3.05, 3.63) is 29.3 Å². The van der Waals surface area contributed by atoms with E-state index in [-0.39, 0.29) is 37.4 Å². The van der Waals surface area contributed by atoms with Gasteiger partial charge in [-0.2, -0.15) is 26.3 Å². The molecule has 0 unspecified atom stereocenters. The summed E-state index contributed by atoms with van der Waals surface area (Å²) in [6.45, 7) is -1.07. The number of hydrogen-bond acceptors (Lipinski definition) is 3. The van der Waals surface area contributed by atoms with Gasteiger partial charge in [0.1, 0.15) is 0 Å². The number of carbonyl (C=O) groups excluding carboxylic acids is 1. The smallest absolute Gasteiger partial charge is 0.399 e. The highest BCUT2D eigenvalue weighted by atomic mass is 19.4. The number of benzene rings is 1. The van der Waals surface area contributed by atoms with Gasteiger partial charge in [0.2, 0.25) is 0 Å². The molecule has 0 spiro atoms. The van der Waals surface area contributed by atoms with Crippen molar-refractivity contribution in [3.8, 4) is 0 Å². The number of halogens is 6. The van der Waals surface area contributed by atoms with Gasteiger partial charge in [0.25, 0.3) is 5.91 Å². The average Bonchev–Trinajstić information content (AvgIpc) is 2.44. The minimum absolute atomic E-state index is 0.000304. The lowest BCUT2D eigenvalue weighted by molar-refractivity contribution is -0.148. The molecule has 2 rings (SSSR count). The van der Waals surface area contributed by atoms with Crippen molar-refractivity contribution >= 4 is 11.6 Å². The molecule has 0 atom stereocenters. The number of hydrogen-bond donors (Lipinski definition) is 1. The number of anilines is 1. The van der Waals surface area contributed by atoms with Crippen LogP contribution in [0.1, 0.15) is 15.9 Å². The molecule has 0 radical (unpaired) electrons. The van der Waals surface area contributed by atoms with Crippen LogP contribution in [0.2, 0.25) is 0 Å². The minimum Gasteiger partial charge on any atom is -0.399 e. The molecule has 4 nitrogen and oxygen atoms in total. The number of nitrogen functional groups attached to an aromatic ring is 1. The quantitative estimate of drug-likeness (QED) is 0.655. The SMILES string of the molecule is Nc1cc(C(=O)N2CCN(CC(F)(F)F)CC2)cc(C(F)(F)F)c1. The summed E-state index contributed by atoms with van der Waals surface area (Å²) in [6, 6.07) is 2.54. The molecule has 10 heteroatoms. The lowest BCUT2D eigenvalue weighted by atomic mass is 10.1. The Hall–Kier alpha value is -1.97. The molecule has 1 fully saturated rings. The molecule has 1 aliphatic rings. The van der Waals surface area contributed by atoms with Crippen molar-refractivity contribution in [2.45, 2.75) is 12.4 Å². The fraction of sp³-hybridized carbons (Fsp3) is 0.500. The zero-order valence-corrected chi connectivity index (χ0v) is 12.4. The maximum atomic E-state index is 12.8. The lowest BCUT2D eigenvalue weighted by Crippen LogP contribution is -2.50. The molecule has 0 saturated carbocycles. The second kappa shape index (κ2) is 6.50. The van der Waals surface area contributed by atoms with Crippen LogP contribution in [0.5, 0.6) is 0 Å². The topological polar surface area (TPSA) is 49.6 Å². The van der Waals surface area contributed by atoms with Gasteiger partial charge in [-0.15, -0.1) is 0 Å². The average molecular weight is 355 g/mol. The molecule has 1 aromatic carbocycles. The van der Waals surface area contributed by atoms with E-state index in [1.807, 2.05) is 0 Å². The number of piperazine rings is 1. The van der Waals surface area contributed by atoms with E-state index < -0.39 is 30.4 Å². The fourth-order valence-corrected chi connectivity index (χ4v) is 2.48. The van der Waals surface area contributed by atoms with E-state index in [0.29, 0.717) is 6.07 Å². The summed E-state index contributed by atoms with van der Waals surface area (Å²) in [5.74, 6) is -0.681. The predicted molar refractivity (Wildman–Crippen MR) is 74.3 cm³/mol. The van der Waals surface area contributed by atoms with Gasteiger partial charge in [-0.25, -0.2) is 0 Å². The largest absolute Gasteiger partial charge is 0.416 e. The van der Waals surface area contributed by atoms with Crippen LogP contribution >= 0.6 is 0 Å². The number of nitrogens with zero attached hydrogens (tertiary/aromatic N) is 2. The first kappa shape index (κ1) is 18.4. The second-order valence-electron chi connectivity index (χ2n) is 5.52. The van der Waals surface area contributed by atoms with Crippen LogP contribution < -0.4 is 5.73 Å². The summed E-state index contributed by atoms with van der Waals surface area (Å²) >= 11 is 0. The van der Waals surface area contributed by atoms with Crippen molar-refractivity contribution in [2.75, 3.05) is 38.5 Å². The van der Waals surface area contributed by atoms with E-state index in [1.54, 1.807) is 0 Å². The van der Waals surface area contributed by atoms with Gasteiger partial charge in [-0.05, 0) is 18.2 Å². The van der Waals surface area contributed by atoms with Crippen molar-refractivity contribution in [1.29, 1.82) is 0 Å². The fourth-order valence-electron chi connectivity index (χ4n) is 2.48. The highest BCUT2D eigenvalue weighted by Crippen LogP contribution is 2.31. The van der Waals surface area contributed by atoms with E-state index in [4.69, 9.17) is 5.73 Å². The van der Waals surface area contributed by atoms with Crippen LogP contribution in [0.3, 0.4) is 0 Å². The van der Waals surface area contributed by atoms with E-state index in [2.05, 4.69) is 0 Å². The highest BCUT2D eigenvalue weighted by molar-refractivity contribution is 5.95. The third-order valence-corrected chi connectivity index (χ3v) is 3.59. The minimum atomic E-state index is -4.64. The van der Waals surface area contributed by atoms with E-state index in [9.17, 15) is 31.1 Å². The molecule has 1 heterocycles. The Morgan fingerprint density at radius 3 is 2.08 bits per heavy atom. The normalized spacial score (nSPS) is 17.2. The van der Waals surface area contributed by atoms with Gasteiger partial charge in [-0.1, -0.05) is 0 Å². The van der Waals surface area contributed by atoms with Gasteiger partial charge < -0.3 is 10.6 Å². The number of alkyl halides is 6.